The molecule has 12 heavy (non-hydrogen) atoms. The van der Waals surface area contributed by atoms with Gasteiger partial charge >= 0.3 is 0 Å². The lowest BCUT2D eigenvalue weighted by molar-refractivity contribution is -0.129. The molecule has 0 spiro atoms. The second-order valence-electron chi connectivity index (χ2n) is 3.02. The van der Waals surface area contributed by atoms with E-state index in [1.165, 1.54) is 0 Å². The molecule has 0 radical (unpaired) electrons. The number of alkyl halides is 2. The van der Waals surface area contributed by atoms with Crippen molar-refractivity contribution in [1.29, 1.82) is 0 Å². The van der Waals surface area contributed by atoms with Gasteiger partial charge in [0.15, 0.2) is 6.29 Å². The van der Waals surface area contributed by atoms with Crippen molar-refractivity contribution in [1.82, 2.24) is 0 Å². The van der Waals surface area contributed by atoms with Gasteiger partial charge in [-0.1, -0.05) is 0 Å². The van der Waals surface area contributed by atoms with Gasteiger partial charge in [-0.05, 0) is 20.3 Å². The molecule has 0 aliphatic heterocycles. The van der Waals surface area contributed by atoms with Crippen molar-refractivity contribution in [3.05, 3.63) is 0 Å². The summed E-state index contributed by atoms with van der Waals surface area (Å²) >= 11 is 11.6. The fourth-order valence-electron chi connectivity index (χ4n) is 0.985. The molecule has 0 aromatic heterocycles. The third kappa shape index (κ3) is 3.09. The summed E-state index contributed by atoms with van der Waals surface area (Å²) < 4.78 is 9.99. The van der Waals surface area contributed by atoms with Crippen LogP contribution in [-0.4, -0.2) is 23.8 Å². The molecule has 2 unspecified atom stereocenters. The van der Waals surface area contributed by atoms with Crippen LogP contribution in [0, 0.1) is 5.92 Å². The summed E-state index contributed by atoms with van der Waals surface area (Å²) in [4.78, 5) is 0. The average Bonchev–Trinajstić information content (AvgIpc) is 2.56. The highest BCUT2D eigenvalue weighted by Gasteiger charge is 2.51. The molecular formula is C8H14Cl2O2. The third-order valence-corrected chi connectivity index (χ3v) is 2.82. The third-order valence-electron chi connectivity index (χ3n) is 1.89. The van der Waals surface area contributed by atoms with Gasteiger partial charge in [-0.3, -0.25) is 0 Å². The van der Waals surface area contributed by atoms with Gasteiger partial charge in [0, 0.05) is 12.5 Å². The Hall–Kier alpha value is 0.500. The van der Waals surface area contributed by atoms with Gasteiger partial charge in [-0.2, -0.15) is 0 Å². The van der Waals surface area contributed by atoms with Crippen molar-refractivity contribution < 1.29 is 9.47 Å². The molecular weight excluding hydrogens is 199 g/mol. The first-order valence-electron chi connectivity index (χ1n) is 4.17. The molecule has 1 saturated carbocycles. The molecule has 72 valence electrons. The van der Waals surface area contributed by atoms with Crippen LogP contribution in [0.5, 0.6) is 0 Å². The molecule has 1 aliphatic carbocycles. The van der Waals surface area contributed by atoms with E-state index in [0.29, 0.717) is 13.2 Å². The van der Waals surface area contributed by atoms with Crippen LogP contribution < -0.4 is 0 Å². The van der Waals surface area contributed by atoms with E-state index < -0.39 is 4.33 Å². The van der Waals surface area contributed by atoms with Crippen LogP contribution in [0.25, 0.3) is 0 Å². The van der Waals surface area contributed by atoms with Crippen LogP contribution in [0.15, 0.2) is 0 Å². The van der Waals surface area contributed by atoms with Gasteiger partial charge in [-0.15, -0.1) is 23.2 Å². The van der Waals surface area contributed by atoms with Crippen molar-refractivity contribution in [2.24, 2.45) is 5.92 Å². The Labute approximate surface area is 83.1 Å². The summed E-state index contributed by atoms with van der Waals surface area (Å²) in [6, 6.07) is 0. The van der Waals surface area contributed by atoms with Gasteiger partial charge < -0.3 is 9.47 Å². The van der Waals surface area contributed by atoms with Gasteiger partial charge in [0.25, 0.3) is 0 Å². The predicted molar refractivity (Wildman–Crippen MR) is 49.6 cm³/mol. The van der Waals surface area contributed by atoms with Crippen LogP contribution in [0.4, 0.5) is 0 Å². The Balaban J connectivity index is 2.03. The highest BCUT2D eigenvalue weighted by atomic mass is 35.5. The monoisotopic (exact) mass is 212 g/mol. The Bertz CT molecular complexity index is 150. The molecule has 0 heterocycles. The minimum absolute atomic E-state index is 0.153. The quantitative estimate of drug-likeness (QED) is 0.516. The summed E-state index contributed by atoms with van der Waals surface area (Å²) in [5, 5.41) is 0. The molecule has 0 amide bonds. The van der Waals surface area contributed by atoms with Gasteiger partial charge in [-0.25, -0.2) is 0 Å². The zero-order valence-corrected chi connectivity index (χ0v) is 8.86. The molecule has 0 bridgehead atoms. The second kappa shape index (κ2) is 4.14. The van der Waals surface area contributed by atoms with E-state index >= 15 is 0 Å². The molecule has 1 fully saturated rings. The molecule has 1 aliphatic rings. The van der Waals surface area contributed by atoms with E-state index in [1.54, 1.807) is 0 Å². The first kappa shape index (κ1) is 10.6. The average molecular weight is 213 g/mol. The van der Waals surface area contributed by atoms with Crippen molar-refractivity contribution in [3.8, 4) is 0 Å². The first-order chi connectivity index (χ1) is 5.56. The SMILES string of the molecule is CCOC(C)OCC1CC1(Cl)Cl. The van der Waals surface area contributed by atoms with Crippen molar-refractivity contribution >= 4 is 23.2 Å². The largest absolute Gasteiger partial charge is 0.353 e. The molecule has 2 nitrogen and oxygen atoms in total. The highest BCUT2D eigenvalue weighted by Crippen LogP contribution is 2.53. The van der Waals surface area contributed by atoms with E-state index in [1.807, 2.05) is 13.8 Å². The Morgan fingerprint density at radius 1 is 1.50 bits per heavy atom. The number of hydrogen-bond donors (Lipinski definition) is 0. The normalized spacial score (nSPS) is 28.5. The van der Waals surface area contributed by atoms with E-state index in [9.17, 15) is 0 Å². The number of halogens is 2. The number of rotatable bonds is 5. The molecule has 0 aromatic carbocycles. The highest BCUT2D eigenvalue weighted by molar-refractivity contribution is 6.50. The summed E-state index contributed by atoms with van der Waals surface area (Å²) in [7, 11) is 0. The fraction of sp³-hybridized carbons (Fsp3) is 1.00. The maximum atomic E-state index is 5.81. The van der Waals surface area contributed by atoms with Crippen LogP contribution in [0.3, 0.4) is 0 Å². The topological polar surface area (TPSA) is 18.5 Å². The summed E-state index contributed by atoms with van der Waals surface area (Å²) in [5.74, 6) is 0.281. The zero-order chi connectivity index (χ0) is 9.19. The van der Waals surface area contributed by atoms with Crippen molar-refractivity contribution in [2.45, 2.75) is 30.9 Å². The van der Waals surface area contributed by atoms with Gasteiger partial charge in [0.1, 0.15) is 4.33 Å². The zero-order valence-electron chi connectivity index (χ0n) is 7.35. The smallest absolute Gasteiger partial charge is 0.154 e. The maximum Gasteiger partial charge on any atom is 0.154 e. The van der Waals surface area contributed by atoms with Crippen LogP contribution >= 0.6 is 23.2 Å². The van der Waals surface area contributed by atoms with Crippen molar-refractivity contribution in [3.63, 3.8) is 0 Å². The van der Waals surface area contributed by atoms with Crippen LogP contribution in [0.1, 0.15) is 20.3 Å². The molecule has 4 heteroatoms. The minimum Gasteiger partial charge on any atom is -0.353 e. The standard InChI is InChI=1S/C8H14Cl2O2/c1-3-11-6(2)12-5-7-4-8(7,9)10/h6-7H,3-5H2,1-2H3. The number of ether oxygens (including phenoxy) is 2. The summed E-state index contributed by atoms with van der Waals surface area (Å²) in [5.41, 5.74) is 0. The lowest BCUT2D eigenvalue weighted by atomic mass is 10.5. The number of hydrogen-bond acceptors (Lipinski definition) is 2. The molecule has 0 saturated heterocycles. The van der Waals surface area contributed by atoms with Crippen LogP contribution in [-0.2, 0) is 9.47 Å². The first-order valence-corrected chi connectivity index (χ1v) is 4.93. The van der Waals surface area contributed by atoms with Crippen molar-refractivity contribution in [2.75, 3.05) is 13.2 Å². The lowest BCUT2D eigenvalue weighted by Crippen LogP contribution is -2.15. The molecule has 2 atom stereocenters. The van der Waals surface area contributed by atoms with E-state index in [4.69, 9.17) is 32.7 Å². The summed E-state index contributed by atoms with van der Waals surface area (Å²) in [6.07, 6.45) is 0.675. The predicted octanol–water partition coefficient (Wildman–Crippen LogP) is 2.58. The minimum atomic E-state index is -0.536. The fourth-order valence-corrected chi connectivity index (χ4v) is 1.48. The Morgan fingerprint density at radius 2 is 2.08 bits per heavy atom. The molecule has 0 aromatic rings. The van der Waals surface area contributed by atoms with Gasteiger partial charge in [0.05, 0.1) is 6.61 Å². The van der Waals surface area contributed by atoms with Gasteiger partial charge in [0.2, 0.25) is 0 Å². The van der Waals surface area contributed by atoms with Crippen LogP contribution in [0.2, 0.25) is 0 Å². The van der Waals surface area contributed by atoms with E-state index in [2.05, 4.69) is 0 Å². The Kier molecular flexibility index (Phi) is 3.65. The molecule has 0 N–H and O–H groups in total. The second-order valence-corrected chi connectivity index (χ2v) is 4.56. The lowest BCUT2D eigenvalue weighted by Gasteiger charge is -2.12. The van der Waals surface area contributed by atoms with E-state index in [-0.39, 0.29) is 12.2 Å². The maximum absolute atomic E-state index is 5.81. The van der Waals surface area contributed by atoms with E-state index in [0.717, 1.165) is 6.42 Å². The Morgan fingerprint density at radius 3 is 2.50 bits per heavy atom. The summed E-state index contributed by atoms with van der Waals surface area (Å²) in [6.45, 7) is 5.06. The molecule has 1 rings (SSSR count).